The summed E-state index contributed by atoms with van der Waals surface area (Å²) in [5, 5.41) is 13.6. The van der Waals surface area contributed by atoms with E-state index in [9.17, 15) is 5.26 Å². The molecule has 0 radical (unpaired) electrons. The van der Waals surface area contributed by atoms with Gasteiger partial charge in [-0.15, -0.1) is 11.8 Å². The van der Waals surface area contributed by atoms with Crippen LogP contribution in [0.1, 0.15) is 39.0 Å². The van der Waals surface area contributed by atoms with E-state index in [0.717, 1.165) is 36.7 Å². The number of nitrogens with zero attached hydrogens (tertiary/aromatic N) is 1. The van der Waals surface area contributed by atoms with Crippen molar-refractivity contribution in [2.45, 2.75) is 54.7 Å². The van der Waals surface area contributed by atoms with Crippen molar-refractivity contribution in [3.05, 3.63) is 28.7 Å². The van der Waals surface area contributed by atoms with E-state index in [0.29, 0.717) is 5.25 Å². The Labute approximate surface area is 134 Å². The quantitative estimate of drug-likeness (QED) is 0.830. The molecule has 0 bridgehead atoms. The van der Waals surface area contributed by atoms with Gasteiger partial charge in [-0.25, -0.2) is 0 Å². The van der Waals surface area contributed by atoms with Gasteiger partial charge in [-0.2, -0.15) is 5.26 Å². The molecule has 0 aliphatic heterocycles. The van der Waals surface area contributed by atoms with Gasteiger partial charge >= 0.3 is 0 Å². The summed E-state index contributed by atoms with van der Waals surface area (Å²) in [7, 11) is 0. The zero-order valence-electron chi connectivity index (χ0n) is 11.9. The van der Waals surface area contributed by atoms with Crippen LogP contribution in [0.25, 0.3) is 0 Å². The maximum Gasteiger partial charge on any atom is 0.107 e. The number of hydrogen-bond donors (Lipinski definition) is 1. The summed E-state index contributed by atoms with van der Waals surface area (Å²) in [6.07, 6.45) is 5.33. The molecule has 1 aromatic carbocycles. The summed E-state index contributed by atoms with van der Waals surface area (Å²) in [5.41, 5.74) is -0.312. The van der Waals surface area contributed by atoms with Crippen LogP contribution < -0.4 is 5.32 Å². The van der Waals surface area contributed by atoms with Gasteiger partial charge in [-0.1, -0.05) is 19.1 Å². The molecular formula is C16H21BrN2S. The van der Waals surface area contributed by atoms with E-state index in [4.69, 9.17) is 0 Å². The monoisotopic (exact) mass is 352 g/mol. The van der Waals surface area contributed by atoms with E-state index < -0.39 is 0 Å². The fourth-order valence-electron chi connectivity index (χ4n) is 2.71. The largest absolute Gasteiger partial charge is 0.299 e. The maximum atomic E-state index is 9.58. The fraction of sp³-hybridized carbons (Fsp3) is 0.562. The Hall–Kier alpha value is -0.500. The van der Waals surface area contributed by atoms with Gasteiger partial charge in [0, 0.05) is 14.6 Å². The van der Waals surface area contributed by atoms with E-state index in [2.05, 4.69) is 52.4 Å². The van der Waals surface area contributed by atoms with Crippen LogP contribution in [0.5, 0.6) is 0 Å². The summed E-state index contributed by atoms with van der Waals surface area (Å²) in [4.78, 5) is 1.28. The van der Waals surface area contributed by atoms with Crippen molar-refractivity contribution in [1.29, 1.82) is 5.26 Å². The van der Waals surface area contributed by atoms with Crippen LogP contribution >= 0.6 is 27.7 Å². The number of halogens is 1. The molecule has 1 aliphatic rings. The first kappa shape index (κ1) is 15.9. The van der Waals surface area contributed by atoms with Crippen molar-refractivity contribution in [1.82, 2.24) is 5.32 Å². The van der Waals surface area contributed by atoms with Crippen LogP contribution in [0, 0.1) is 11.3 Å². The Balaban J connectivity index is 2.03. The highest BCUT2D eigenvalue weighted by Crippen LogP contribution is 2.40. The maximum absolute atomic E-state index is 9.58. The van der Waals surface area contributed by atoms with Crippen LogP contribution in [0.3, 0.4) is 0 Å². The fourth-order valence-corrected chi connectivity index (χ4v) is 4.63. The third kappa shape index (κ3) is 4.00. The SMILES string of the molecule is CCCNC1(C#N)CCCC(Sc2ccccc2Br)C1. The molecule has 0 aromatic heterocycles. The van der Waals surface area contributed by atoms with Gasteiger partial charge in [-0.3, -0.25) is 5.32 Å². The molecule has 4 heteroatoms. The first-order chi connectivity index (χ1) is 9.69. The number of hydrogen-bond acceptors (Lipinski definition) is 3. The first-order valence-corrected chi connectivity index (χ1v) is 8.94. The Morgan fingerprint density at radius 3 is 3.00 bits per heavy atom. The molecule has 1 N–H and O–H groups in total. The second-order valence-electron chi connectivity index (χ2n) is 5.39. The van der Waals surface area contributed by atoms with Gasteiger partial charge in [0.25, 0.3) is 0 Å². The van der Waals surface area contributed by atoms with E-state index in [1.165, 1.54) is 11.3 Å². The molecule has 1 aliphatic carbocycles. The molecule has 1 fully saturated rings. The van der Waals surface area contributed by atoms with E-state index in [-0.39, 0.29) is 5.54 Å². The molecule has 0 heterocycles. The Morgan fingerprint density at radius 1 is 1.50 bits per heavy atom. The molecular weight excluding hydrogens is 332 g/mol. The highest BCUT2D eigenvalue weighted by atomic mass is 79.9. The second-order valence-corrected chi connectivity index (χ2v) is 7.58. The normalized spacial score (nSPS) is 26.1. The molecule has 1 aromatic rings. The Kier molecular flexibility index (Phi) is 5.95. The molecule has 2 atom stereocenters. The molecule has 1 saturated carbocycles. The number of nitrogens with one attached hydrogen (secondary N) is 1. The van der Waals surface area contributed by atoms with E-state index >= 15 is 0 Å². The second kappa shape index (κ2) is 7.49. The third-order valence-corrected chi connectivity index (χ3v) is 6.06. The lowest BCUT2D eigenvalue weighted by molar-refractivity contribution is 0.305. The van der Waals surface area contributed by atoms with Gasteiger partial charge in [0.2, 0.25) is 0 Å². The molecule has 2 unspecified atom stereocenters. The van der Waals surface area contributed by atoms with Crippen LogP contribution in [0.15, 0.2) is 33.6 Å². The lowest BCUT2D eigenvalue weighted by Crippen LogP contribution is -2.48. The van der Waals surface area contributed by atoms with Crippen molar-refractivity contribution in [2.75, 3.05) is 6.54 Å². The molecule has 2 nitrogen and oxygen atoms in total. The van der Waals surface area contributed by atoms with Gasteiger partial charge in [-0.05, 0) is 66.7 Å². The Bertz CT molecular complexity index is 486. The highest BCUT2D eigenvalue weighted by molar-refractivity contribution is 9.10. The minimum Gasteiger partial charge on any atom is -0.299 e. The summed E-state index contributed by atoms with van der Waals surface area (Å²) in [6, 6.07) is 10.9. The summed E-state index contributed by atoms with van der Waals surface area (Å²) in [6.45, 7) is 3.08. The van der Waals surface area contributed by atoms with Crippen LogP contribution in [0.2, 0.25) is 0 Å². The summed E-state index contributed by atoms with van der Waals surface area (Å²) >= 11 is 5.51. The van der Waals surface area contributed by atoms with Crippen molar-refractivity contribution in [3.63, 3.8) is 0 Å². The van der Waals surface area contributed by atoms with Crippen molar-refractivity contribution in [2.24, 2.45) is 0 Å². The minimum atomic E-state index is -0.312. The van der Waals surface area contributed by atoms with Crippen LogP contribution in [-0.4, -0.2) is 17.3 Å². The third-order valence-electron chi connectivity index (χ3n) is 3.76. The van der Waals surface area contributed by atoms with Gasteiger partial charge in [0.05, 0.1) is 6.07 Å². The average molecular weight is 353 g/mol. The van der Waals surface area contributed by atoms with Gasteiger partial charge < -0.3 is 0 Å². The van der Waals surface area contributed by atoms with Crippen molar-refractivity contribution < 1.29 is 0 Å². The zero-order valence-corrected chi connectivity index (χ0v) is 14.3. The number of rotatable bonds is 5. The predicted octanol–water partition coefficient (Wildman–Crippen LogP) is 4.75. The van der Waals surface area contributed by atoms with E-state index in [1.54, 1.807) is 0 Å². The Morgan fingerprint density at radius 2 is 2.30 bits per heavy atom. The predicted molar refractivity (Wildman–Crippen MR) is 88.9 cm³/mol. The lowest BCUT2D eigenvalue weighted by atomic mass is 9.82. The molecule has 0 spiro atoms. The molecule has 20 heavy (non-hydrogen) atoms. The molecule has 2 rings (SSSR count). The number of nitriles is 1. The van der Waals surface area contributed by atoms with Crippen molar-refractivity contribution in [3.8, 4) is 6.07 Å². The highest BCUT2D eigenvalue weighted by Gasteiger charge is 2.36. The average Bonchev–Trinajstić information content (AvgIpc) is 2.48. The van der Waals surface area contributed by atoms with Crippen molar-refractivity contribution >= 4 is 27.7 Å². The lowest BCUT2D eigenvalue weighted by Gasteiger charge is -2.36. The first-order valence-electron chi connectivity index (χ1n) is 7.26. The number of thioether (sulfide) groups is 1. The number of benzene rings is 1. The van der Waals surface area contributed by atoms with Gasteiger partial charge in [0.15, 0.2) is 0 Å². The topological polar surface area (TPSA) is 35.8 Å². The van der Waals surface area contributed by atoms with E-state index in [1.807, 2.05) is 17.8 Å². The van der Waals surface area contributed by atoms with Crippen LogP contribution in [-0.2, 0) is 0 Å². The molecule has 0 saturated heterocycles. The molecule has 0 amide bonds. The smallest absolute Gasteiger partial charge is 0.107 e. The van der Waals surface area contributed by atoms with Crippen LogP contribution in [0.4, 0.5) is 0 Å². The van der Waals surface area contributed by atoms with Gasteiger partial charge in [0.1, 0.15) is 5.54 Å². The molecule has 108 valence electrons. The summed E-state index contributed by atoms with van der Waals surface area (Å²) in [5.74, 6) is 0. The minimum absolute atomic E-state index is 0.312. The zero-order chi connectivity index (χ0) is 14.4. The summed E-state index contributed by atoms with van der Waals surface area (Å²) < 4.78 is 1.15. The standard InChI is InChI=1S/C16H21BrN2S/c1-2-10-19-16(12-18)9-5-6-13(11-16)20-15-8-4-3-7-14(15)17/h3-4,7-8,13,19H,2,5-6,9-11H2,1H3.